The van der Waals surface area contributed by atoms with Gasteiger partial charge in [-0.15, -0.1) is 0 Å². The van der Waals surface area contributed by atoms with Crippen molar-refractivity contribution < 1.29 is 17.9 Å². The summed E-state index contributed by atoms with van der Waals surface area (Å²) in [5.74, 6) is 0.926. The van der Waals surface area contributed by atoms with E-state index >= 15 is 0 Å². The average Bonchev–Trinajstić information content (AvgIpc) is 2.98. The van der Waals surface area contributed by atoms with Crippen LogP contribution in [0.2, 0.25) is 0 Å². The van der Waals surface area contributed by atoms with E-state index in [0.29, 0.717) is 18.8 Å². The largest absolute Gasteiger partial charge is 0.496 e. The van der Waals surface area contributed by atoms with Crippen LogP contribution in [0.4, 0.5) is 5.82 Å². The zero-order chi connectivity index (χ0) is 18.6. The molecule has 1 saturated heterocycles. The molecule has 1 amide bonds. The molecule has 2 N–H and O–H groups in total. The molecule has 1 aromatic carbocycles. The van der Waals surface area contributed by atoms with Gasteiger partial charge in [-0.05, 0) is 12.5 Å². The number of anilines is 1. The molecule has 0 aliphatic carbocycles. The summed E-state index contributed by atoms with van der Waals surface area (Å²) in [6.45, 7) is 0.475. The smallest absolute Gasteiger partial charge is 0.270 e. The van der Waals surface area contributed by atoms with Crippen molar-refractivity contribution in [2.75, 3.05) is 23.9 Å². The number of benzene rings is 1. The molecule has 8 nitrogen and oxygen atoms in total. The number of hydrogen-bond donors (Lipinski definition) is 2. The van der Waals surface area contributed by atoms with E-state index in [0.717, 1.165) is 11.3 Å². The molecular weight excluding hydrogens is 356 g/mol. The predicted octanol–water partition coefficient (Wildman–Crippen LogP) is 1.01. The molecule has 0 spiro atoms. The molecule has 0 radical (unpaired) electrons. The Morgan fingerprint density at radius 2 is 2.12 bits per heavy atom. The minimum Gasteiger partial charge on any atom is -0.496 e. The lowest BCUT2D eigenvalue weighted by Gasteiger charge is -2.12. The lowest BCUT2D eigenvalue weighted by Crippen LogP contribution is -2.36. The zero-order valence-electron chi connectivity index (χ0n) is 14.3. The lowest BCUT2D eigenvalue weighted by molar-refractivity contribution is 0.0936. The van der Waals surface area contributed by atoms with Gasteiger partial charge >= 0.3 is 0 Å². The molecule has 138 valence electrons. The molecule has 9 heteroatoms. The van der Waals surface area contributed by atoms with E-state index in [9.17, 15) is 13.2 Å². The number of carbonyl (C=O) groups is 1. The van der Waals surface area contributed by atoms with Crippen molar-refractivity contribution in [3.63, 3.8) is 0 Å². The summed E-state index contributed by atoms with van der Waals surface area (Å²) >= 11 is 0. The van der Waals surface area contributed by atoms with Gasteiger partial charge in [-0.3, -0.25) is 4.79 Å². The van der Waals surface area contributed by atoms with Crippen LogP contribution in [-0.4, -0.2) is 49.0 Å². The number of rotatable bonds is 6. The molecule has 0 saturated carbocycles. The molecule has 1 unspecified atom stereocenters. The second kappa shape index (κ2) is 7.69. The van der Waals surface area contributed by atoms with Crippen LogP contribution in [0.15, 0.2) is 36.7 Å². The quantitative estimate of drug-likeness (QED) is 0.774. The summed E-state index contributed by atoms with van der Waals surface area (Å²) < 4.78 is 28.3. The van der Waals surface area contributed by atoms with Crippen molar-refractivity contribution in [1.82, 2.24) is 15.3 Å². The van der Waals surface area contributed by atoms with Crippen LogP contribution in [-0.2, 0) is 16.4 Å². The molecule has 26 heavy (non-hydrogen) atoms. The summed E-state index contributed by atoms with van der Waals surface area (Å²) in [6.07, 6.45) is 1.73. The van der Waals surface area contributed by atoms with Gasteiger partial charge in [0.1, 0.15) is 23.6 Å². The number of aromatic nitrogens is 2. The minimum atomic E-state index is -3.05. The van der Waals surface area contributed by atoms with Gasteiger partial charge in [0.05, 0.1) is 18.6 Å². The molecule has 1 aliphatic heterocycles. The van der Waals surface area contributed by atoms with E-state index in [4.69, 9.17) is 4.74 Å². The van der Waals surface area contributed by atoms with Gasteiger partial charge in [0.25, 0.3) is 5.91 Å². The first-order valence-corrected chi connectivity index (χ1v) is 9.98. The van der Waals surface area contributed by atoms with Gasteiger partial charge in [-0.25, -0.2) is 18.4 Å². The van der Waals surface area contributed by atoms with Crippen molar-refractivity contribution in [2.24, 2.45) is 0 Å². The number of amides is 1. The van der Waals surface area contributed by atoms with E-state index in [1.54, 1.807) is 7.11 Å². The van der Waals surface area contributed by atoms with Crippen LogP contribution in [0.1, 0.15) is 22.5 Å². The molecule has 1 fully saturated rings. The monoisotopic (exact) mass is 376 g/mol. The van der Waals surface area contributed by atoms with E-state index in [2.05, 4.69) is 20.6 Å². The van der Waals surface area contributed by atoms with Crippen molar-refractivity contribution in [2.45, 2.75) is 19.0 Å². The first-order valence-electron chi connectivity index (χ1n) is 8.16. The van der Waals surface area contributed by atoms with Crippen LogP contribution in [0.3, 0.4) is 0 Å². The van der Waals surface area contributed by atoms with Gasteiger partial charge < -0.3 is 15.4 Å². The Labute approximate surface area is 151 Å². The number of nitrogens with zero attached hydrogens (tertiary/aromatic N) is 2. The zero-order valence-corrected chi connectivity index (χ0v) is 15.1. The minimum absolute atomic E-state index is 0.0251. The Bertz CT molecular complexity index is 901. The van der Waals surface area contributed by atoms with Gasteiger partial charge in [-0.1, -0.05) is 18.2 Å². The fraction of sp³-hybridized carbons (Fsp3) is 0.353. The molecule has 1 aromatic heterocycles. The second-order valence-electron chi connectivity index (χ2n) is 6.03. The van der Waals surface area contributed by atoms with E-state index in [1.807, 2.05) is 24.3 Å². The fourth-order valence-electron chi connectivity index (χ4n) is 2.78. The molecule has 0 bridgehead atoms. The first-order chi connectivity index (χ1) is 12.5. The third kappa shape index (κ3) is 4.48. The van der Waals surface area contributed by atoms with E-state index in [1.165, 1.54) is 12.4 Å². The van der Waals surface area contributed by atoms with Crippen LogP contribution >= 0.6 is 0 Å². The Kier molecular flexibility index (Phi) is 5.36. The first kappa shape index (κ1) is 18.1. The highest BCUT2D eigenvalue weighted by molar-refractivity contribution is 7.91. The lowest BCUT2D eigenvalue weighted by atomic mass is 10.2. The number of hydrogen-bond acceptors (Lipinski definition) is 7. The van der Waals surface area contributed by atoms with Gasteiger partial charge in [0.2, 0.25) is 0 Å². The molecule has 1 atom stereocenters. The van der Waals surface area contributed by atoms with Gasteiger partial charge in [-0.2, -0.15) is 0 Å². The summed E-state index contributed by atoms with van der Waals surface area (Å²) in [5.41, 5.74) is 1.14. The maximum Gasteiger partial charge on any atom is 0.270 e. The summed E-state index contributed by atoms with van der Waals surface area (Å²) in [6, 6.07) is 8.76. The number of methoxy groups -OCH3 is 1. The maximum absolute atomic E-state index is 12.3. The van der Waals surface area contributed by atoms with Crippen LogP contribution in [0.25, 0.3) is 0 Å². The third-order valence-electron chi connectivity index (χ3n) is 4.12. The van der Waals surface area contributed by atoms with Gasteiger partial charge in [0, 0.05) is 24.2 Å². The second-order valence-corrected chi connectivity index (χ2v) is 8.26. The maximum atomic E-state index is 12.3. The SMILES string of the molecule is COc1ccccc1CNc1cc(C(=O)NC2CCS(=O)(=O)C2)ncn1. The summed E-state index contributed by atoms with van der Waals surface area (Å²) in [7, 11) is -1.44. The van der Waals surface area contributed by atoms with Crippen LogP contribution in [0, 0.1) is 0 Å². The number of nitrogens with one attached hydrogen (secondary N) is 2. The molecule has 1 aliphatic rings. The predicted molar refractivity (Wildman–Crippen MR) is 96.9 cm³/mol. The third-order valence-corrected chi connectivity index (χ3v) is 5.89. The van der Waals surface area contributed by atoms with Crippen molar-refractivity contribution >= 4 is 21.6 Å². The summed E-state index contributed by atoms with van der Waals surface area (Å²) in [4.78, 5) is 20.4. The van der Waals surface area contributed by atoms with Crippen LogP contribution in [0.5, 0.6) is 5.75 Å². The number of sulfone groups is 1. The number of para-hydroxylation sites is 1. The Balaban J connectivity index is 1.63. The number of carbonyl (C=O) groups excluding carboxylic acids is 1. The normalized spacial score (nSPS) is 18.3. The average molecular weight is 376 g/mol. The highest BCUT2D eigenvalue weighted by Gasteiger charge is 2.29. The topological polar surface area (TPSA) is 110 Å². The standard InChI is InChI=1S/C17H20N4O4S/c1-25-15-5-3-2-4-12(15)9-18-16-8-14(19-11-20-16)17(22)21-13-6-7-26(23,24)10-13/h2-5,8,11,13H,6-7,9-10H2,1H3,(H,21,22)(H,18,19,20). The van der Waals surface area contributed by atoms with Crippen LogP contribution < -0.4 is 15.4 Å². The molecule has 2 heterocycles. The van der Waals surface area contributed by atoms with E-state index < -0.39 is 15.7 Å². The fourth-order valence-corrected chi connectivity index (χ4v) is 4.45. The van der Waals surface area contributed by atoms with Crippen molar-refractivity contribution in [3.8, 4) is 5.75 Å². The van der Waals surface area contributed by atoms with Crippen molar-refractivity contribution in [3.05, 3.63) is 47.9 Å². The molecule has 2 aromatic rings. The Morgan fingerprint density at radius 1 is 1.31 bits per heavy atom. The highest BCUT2D eigenvalue weighted by Crippen LogP contribution is 2.18. The Morgan fingerprint density at radius 3 is 2.85 bits per heavy atom. The van der Waals surface area contributed by atoms with Gasteiger partial charge in [0.15, 0.2) is 9.84 Å². The number of ether oxygens (including phenoxy) is 1. The Hall–Kier alpha value is -2.68. The molecule has 3 rings (SSSR count). The highest BCUT2D eigenvalue weighted by atomic mass is 32.2. The van der Waals surface area contributed by atoms with Crippen molar-refractivity contribution in [1.29, 1.82) is 0 Å². The van der Waals surface area contributed by atoms with E-state index in [-0.39, 0.29) is 23.2 Å². The summed E-state index contributed by atoms with van der Waals surface area (Å²) in [5, 5.41) is 5.84. The molecular formula is C17H20N4O4S.